The quantitative estimate of drug-likeness (QED) is 0.129. The molecule has 0 amide bonds. The Labute approximate surface area is 259 Å². The minimum Gasteiger partial charge on any atom is -0.309 e. The van der Waals surface area contributed by atoms with E-state index in [0.717, 1.165) is 41.6 Å². The van der Waals surface area contributed by atoms with Gasteiger partial charge in [0, 0.05) is 31.8 Å². The van der Waals surface area contributed by atoms with Gasteiger partial charge in [-0.05, 0) is 22.9 Å². The molecule has 0 aliphatic heterocycles. The van der Waals surface area contributed by atoms with Gasteiger partial charge in [0.1, 0.15) is 0 Å². The fourth-order valence-corrected chi connectivity index (χ4v) is 13.5. The van der Waals surface area contributed by atoms with E-state index in [0.29, 0.717) is 0 Å². The molecule has 4 aromatic carbocycles. The smallest absolute Gasteiger partial charge is 0.172 e. The van der Waals surface area contributed by atoms with Gasteiger partial charge < -0.3 is 9.13 Å². The van der Waals surface area contributed by atoms with Crippen molar-refractivity contribution in [2.75, 3.05) is 5.34 Å². The van der Waals surface area contributed by atoms with Crippen molar-refractivity contribution in [3.8, 4) is 9.75 Å². The average molecular weight is 652 g/mol. The normalized spacial score (nSPS) is 11.5. The van der Waals surface area contributed by atoms with Crippen molar-refractivity contribution in [1.29, 1.82) is 0 Å². The lowest BCUT2D eigenvalue weighted by Crippen LogP contribution is -2.27. The topological polar surface area (TPSA) is 34.1 Å². The Morgan fingerprint density at radius 3 is 0.927 bits per heavy atom. The molecule has 2 aromatic heterocycles. The van der Waals surface area contributed by atoms with E-state index in [9.17, 15) is 0 Å². The van der Waals surface area contributed by atoms with E-state index in [-0.39, 0.29) is 5.34 Å². The molecule has 0 aliphatic carbocycles. The summed E-state index contributed by atoms with van der Waals surface area (Å²) in [6.45, 7) is 0. The lowest BCUT2D eigenvalue weighted by Gasteiger charge is -2.22. The van der Waals surface area contributed by atoms with Crippen LogP contribution in [0.25, 0.3) is 9.75 Å². The third kappa shape index (κ3) is 5.84. The molecule has 6 aromatic rings. The van der Waals surface area contributed by atoms with Crippen LogP contribution in [0.4, 0.5) is 0 Å². The fraction of sp³-hybridized carbons (Fsp3) is 0.0303. The van der Waals surface area contributed by atoms with Gasteiger partial charge in [0.25, 0.3) is 0 Å². The molecule has 0 unspecified atom stereocenters. The van der Waals surface area contributed by atoms with E-state index in [1.165, 1.54) is 0 Å². The molecule has 0 saturated carbocycles. The fourth-order valence-electron chi connectivity index (χ4n) is 4.85. The molecular formula is C33H26Cl2O2P2S2. The molecule has 6 rings (SSSR count). The van der Waals surface area contributed by atoms with E-state index < -0.39 is 14.3 Å². The van der Waals surface area contributed by atoms with E-state index in [1.807, 2.05) is 144 Å². The van der Waals surface area contributed by atoms with Crippen LogP contribution >= 0.6 is 60.2 Å². The van der Waals surface area contributed by atoms with Gasteiger partial charge in [0.2, 0.25) is 0 Å². The van der Waals surface area contributed by atoms with Crippen LogP contribution in [-0.2, 0) is 9.13 Å². The van der Waals surface area contributed by atoms with Crippen LogP contribution in [0.2, 0.25) is 0 Å². The predicted molar refractivity (Wildman–Crippen MR) is 183 cm³/mol. The molecule has 0 N–H and O–H groups in total. The first-order chi connectivity index (χ1) is 20.0. The molecular weight excluding hydrogens is 625 g/mol. The molecule has 0 aliphatic rings. The summed E-state index contributed by atoms with van der Waals surface area (Å²) in [7, 11) is -6.39. The standard InChI is InChI=1S/C32H24O2P2S2.CH2Cl2/c33-35(25-13-5-1-6-14-25,26-15-7-2-8-16-26)29-21-23-37-31(29)32-30(22-24-38-32)36(34,27-17-9-3-10-18-27)28-19-11-4-12-20-28;2-1-3/h1-24H;1H2. The highest BCUT2D eigenvalue weighted by atomic mass is 35.5. The van der Waals surface area contributed by atoms with Crippen LogP contribution in [0.1, 0.15) is 0 Å². The Hall–Kier alpha value is -2.68. The zero-order chi connectivity index (χ0) is 28.7. The SMILES string of the molecule is ClCCl.O=P(c1ccccc1)(c1ccccc1)c1ccsc1-c1sccc1P(=O)(c1ccccc1)c1ccccc1. The lowest BCUT2D eigenvalue weighted by molar-refractivity contribution is 0.591. The number of hydrogen-bond donors (Lipinski definition) is 0. The van der Waals surface area contributed by atoms with Crippen LogP contribution in [0.3, 0.4) is 0 Å². The average Bonchev–Trinajstić information content (AvgIpc) is 3.73. The summed E-state index contributed by atoms with van der Waals surface area (Å²) in [5, 5.41) is 8.94. The second-order valence-electron chi connectivity index (χ2n) is 8.93. The zero-order valence-electron chi connectivity index (χ0n) is 21.8. The Morgan fingerprint density at radius 2 is 0.683 bits per heavy atom. The van der Waals surface area contributed by atoms with Crippen LogP contribution in [-0.4, -0.2) is 5.34 Å². The summed E-state index contributed by atoms with van der Waals surface area (Å²) >= 11 is 12.7. The largest absolute Gasteiger partial charge is 0.309 e. The van der Waals surface area contributed by atoms with Crippen molar-refractivity contribution >= 4 is 92.0 Å². The molecule has 0 atom stereocenters. The van der Waals surface area contributed by atoms with E-state index in [1.54, 1.807) is 22.7 Å². The highest BCUT2D eigenvalue weighted by Gasteiger charge is 2.37. The van der Waals surface area contributed by atoms with Gasteiger partial charge in [-0.1, -0.05) is 121 Å². The molecule has 2 nitrogen and oxygen atoms in total. The maximum Gasteiger partial charge on any atom is 0.172 e. The van der Waals surface area contributed by atoms with Crippen molar-refractivity contribution in [2.24, 2.45) is 0 Å². The summed E-state index contributed by atoms with van der Waals surface area (Å²) in [6, 6.07) is 42.8. The highest BCUT2D eigenvalue weighted by molar-refractivity contribution is 7.86. The van der Waals surface area contributed by atoms with Crippen molar-refractivity contribution in [3.63, 3.8) is 0 Å². The van der Waals surface area contributed by atoms with Gasteiger partial charge in [-0.15, -0.1) is 45.9 Å². The minimum atomic E-state index is -3.20. The van der Waals surface area contributed by atoms with Gasteiger partial charge in [0.15, 0.2) is 14.3 Å². The van der Waals surface area contributed by atoms with Crippen molar-refractivity contribution in [3.05, 3.63) is 144 Å². The molecule has 41 heavy (non-hydrogen) atoms. The first-order valence-electron chi connectivity index (χ1n) is 12.8. The minimum absolute atomic E-state index is 0.194. The Kier molecular flexibility index (Phi) is 9.83. The number of hydrogen-bond acceptors (Lipinski definition) is 4. The van der Waals surface area contributed by atoms with Crippen molar-refractivity contribution in [1.82, 2.24) is 0 Å². The summed E-state index contributed by atoms with van der Waals surface area (Å²) < 4.78 is 30.5. The molecule has 0 fully saturated rings. The Morgan fingerprint density at radius 1 is 0.439 bits per heavy atom. The van der Waals surface area contributed by atoms with Crippen LogP contribution in [0, 0.1) is 0 Å². The van der Waals surface area contributed by atoms with Crippen molar-refractivity contribution in [2.45, 2.75) is 0 Å². The van der Waals surface area contributed by atoms with Gasteiger partial charge in [-0.3, -0.25) is 0 Å². The molecule has 206 valence electrons. The molecule has 2 heterocycles. The van der Waals surface area contributed by atoms with Gasteiger partial charge >= 0.3 is 0 Å². The summed E-state index contributed by atoms with van der Waals surface area (Å²) in [6.07, 6.45) is 0. The number of halogens is 2. The molecule has 8 heteroatoms. The van der Waals surface area contributed by atoms with Crippen LogP contribution in [0.15, 0.2) is 144 Å². The molecule has 0 bridgehead atoms. The molecule has 0 radical (unpaired) electrons. The second kappa shape index (κ2) is 13.5. The summed E-state index contributed by atoms with van der Waals surface area (Å²) in [4.78, 5) is 1.83. The zero-order valence-corrected chi connectivity index (χ0v) is 26.8. The summed E-state index contributed by atoms with van der Waals surface area (Å²) in [5.74, 6) is 0. The maximum absolute atomic E-state index is 15.2. The number of thiophene rings is 2. The third-order valence-corrected chi connectivity index (χ3v) is 15.2. The van der Waals surface area contributed by atoms with E-state index >= 15 is 9.13 Å². The van der Waals surface area contributed by atoms with Gasteiger partial charge in [0.05, 0.1) is 15.1 Å². The summed E-state index contributed by atoms with van der Waals surface area (Å²) in [5.41, 5.74) is 0. The van der Waals surface area contributed by atoms with E-state index in [4.69, 9.17) is 23.2 Å². The van der Waals surface area contributed by atoms with Gasteiger partial charge in [-0.2, -0.15) is 0 Å². The maximum atomic E-state index is 15.2. The third-order valence-electron chi connectivity index (χ3n) is 6.65. The first-order valence-corrected chi connectivity index (χ1v) is 19.0. The highest BCUT2D eigenvalue weighted by Crippen LogP contribution is 2.51. The van der Waals surface area contributed by atoms with E-state index in [2.05, 4.69) is 0 Å². The predicted octanol–water partition coefficient (Wildman–Crippen LogP) is 8.18. The number of alkyl halides is 2. The lowest BCUT2D eigenvalue weighted by atomic mass is 10.3. The molecule has 0 spiro atoms. The monoisotopic (exact) mass is 650 g/mol. The van der Waals surface area contributed by atoms with Gasteiger partial charge in [-0.25, -0.2) is 0 Å². The second-order valence-corrected chi connectivity index (χ2v) is 17.0. The molecule has 0 saturated heterocycles. The first kappa shape index (κ1) is 29.8. The van der Waals surface area contributed by atoms with Crippen LogP contribution < -0.4 is 31.8 Å². The van der Waals surface area contributed by atoms with Crippen LogP contribution in [0.5, 0.6) is 0 Å². The Bertz CT molecular complexity index is 1570. The Balaban J connectivity index is 0.00000108. The number of benzene rings is 4. The van der Waals surface area contributed by atoms with Crippen molar-refractivity contribution < 1.29 is 9.13 Å². The number of rotatable bonds is 7.